The van der Waals surface area contributed by atoms with Gasteiger partial charge in [0.25, 0.3) is 11.7 Å². The summed E-state index contributed by atoms with van der Waals surface area (Å²) in [6.07, 6.45) is 1.80. The van der Waals surface area contributed by atoms with Gasteiger partial charge >= 0.3 is 0 Å². The molecule has 1 aromatic heterocycles. The van der Waals surface area contributed by atoms with Crippen LogP contribution in [0.25, 0.3) is 16.7 Å². The highest BCUT2D eigenvalue weighted by Crippen LogP contribution is 2.44. The van der Waals surface area contributed by atoms with Gasteiger partial charge < -0.3 is 14.8 Å². The number of rotatable bonds is 5. The fraction of sp³-hybridized carbons (Fsp3) is 0.143. The third kappa shape index (κ3) is 3.53. The standard InChI is InChI=1S/C28H24N2O4/c1-3-34-20-8-6-7-18(15-20)26(31)24-25(22-16-29-23-10-5-4-9-21(22)23)30(28(33)27(24)32)19-13-11-17(2)12-14-19/h4-16,25,29,31H,3H2,1-2H3/b26-24+. The summed E-state index contributed by atoms with van der Waals surface area (Å²) >= 11 is 0. The number of nitrogens with one attached hydrogen (secondary N) is 1. The van der Waals surface area contributed by atoms with Gasteiger partial charge in [0.05, 0.1) is 18.2 Å². The van der Waals surface area contributed by atoms with Gasteiger partial charge in [0.1, 0.15) is 11.5 Å². The molecule has 1 fully saturated rings. The maximum atomic E-state index is 13.4. The number of ether oxygens (including phenoxy) is 1. The number of aromatic amines is 1. The lowest BCUT2D eigenvalue weighted by molar-refractivity contribution is -0.132. The maximum absolute atomic E-state index is 13.4. The van der Waals surface area contributed by atoms with Crippen LogP contribution in [0, 0.1) is 6.92 Å². The molecule has 0 spiro atoms. The number of para-hydroxylation sites is 1. The predicted molar refractivity (Wildman–Crippen MR) is 132 cm³/mol. The van der Waals surface area contributed by atoms with Crippen LogP contribution < -0.4 is 9.64 Å². The monoisotopic (exact) mass is 452 g/mol. The number of nitrogens with zero attached hydrogens (tertiary/aromatic N) is 1. The molecule has 1 unspecified atom stereocenters. The lowest BCUT2D eigenvalue weighted by Crippen LogP contribution is -2.29. The van der Waals surface area contributed by atoms with Gasteiger partial charge in [0.15, 0.2) is 0 Å². The smallest absolute Gasteiger partial charge is 0.300 e. The lowest BCUT2D eigenvalue weighted by atomic mass is 9.94. The molecule has 1 aliphatic heterocycles. The number of aryl methyl sites for hydroxylation is 1. The molecule has 6 nitrogen and oxygen atoms in total. The van der Waals surface area contributed by atoms with Crippen molar-refractivity contribution in [3.05, 3.63) is 101 Å². The van der Waals surface area contributed by atoms with E-state index in [2.05, 4.69) is 4.98 Å². The molecule has 1 saturated heterocycles. The Bertz CT molecular complexity index is 1430. The van der Waals surface area contributed by atoms with Gasteiger partial charge in [-0.25, -0.2) is 0 Å². The van der Waals surface area contributed by atoms with E-state index in [1.165, 1.54) is 4.90 Å². The number of H-pyrrole nitrogens is 1. The van der Waals surface area contributed by atoms with Gasteiger partial charge in [-0.1, -0.05) is 48.0 Å². The molecule has 0 aliphatic carbocycles. The van der Waals surface area contributed by atoms with E-state index < -0.39 is 17.7 Å². The number of aliphatic hydroxyl groups excluding tert-OH is 1. The van der Waals surface area contributed by atoms with E-state index >= 15 is 0 Å². The van der Waals surface area contributed by atoms with Crippen LogP contribution in [0.3, 0.4) is 0 Å². The maximum Gasteiger partial charge on any atom is 0.300 e. The van der Waals surface area contributed by atoms with Crippen molar-refractivity contribution < 1.29 is 19.4 Å². The molecule has 170 valence electrons. The fourth-order valence-corrected chi connectivity index (χ4v) is 4.47. The van der Waals surface area contributed by atoms with Crippen molar-refractivity contribution in [3.63, 3.8) is 0 Å². The largest absolute Gasteiger partial charge is 0.507 e. The molecule has 0 saturated carbocycles. The van der Waals surface area contributed by atoms with Crippen LogP contribution in [-0.2, 0) is 9.59 Å². The van der Waals surface area contributed by atoms with Crippen molar-refractivity contribution in [2.75, 3.05) is 11.5 Å². The second-order valence-corrected chi connectivity index (χ2v) is 8.26. The van der Waals surface area contributed by atoms with E-state index in [1.807, 2.05) is 62.4 Å². The molecular formula is C28H24N2O4. The second kappa shape index (κ2) is 8.56. The van der Waals surface area contributed by atoms with Crippen LogP contribution >= 0.6 is 0 Å². The Kier molecular flexibility index (Phi) is 5.42. The van der Waals surface area contributed by atoms with Crippen LogP contribution in [-0.4, -0.2) is 28.4 Å². The first-order chi connectivity index (χ1) is 16.5. The number of benzene rings is 3. The van der Waals surface area contributed by atoms with Gasteiger partial charge in [0.2, 0.25) is 0 Å². The first kappa shape index (κ1) is 21.5. The summed E-state index contributed by atoms with van der Waals surface area (Å²) in [5, 5.41) is 12.2. The molecule has 0 radical (unpaired) electrons. The van der Waals surface area contributed by atoms with Crippen molar-refractivity contribution in [1.29, 1.82) is 0 Å². The number of fused-ring (bicyclic) bond motifs is 1. The first-order valence-electron chi connectivity index (χ1n) is 11.2. The highest BCUT2D eigenvalue weighted by atomic mass is 16.5. The predicted octanol–water partition coefficient (Wildman–Crippen LogP) is 5.50. The zero-order chi connectivity index (χ0) is 23.8. The number of hydrogen-bond acceptors (Lipinski definition) is 4. The van der Waals surface area contributed by atoms with Crippen molar-refractivity contribution >= 4 is 34.0 Å². The summed E-state index contributed by atoms with van der Waals surface area (Å²) in [5.41, 5.74) is 3.70. The van der Waals surface area contributed by atoms with Gasteiger partial charge in [-0.05, 0) is 44.2 Å². The first-order valence-corrected chi connectivity index (χ1v) is 11.2. The number of ketones is 1. The number of Topliss-reactive ketones (excluding diaryl/α,β-unsaturated/α-hetero) is 1. The summed E-state index contributed by atoms with van der Waals surface area (Å²) in [6, 6.07) is 21.2. The van der Waals surface area contributed by atoms with Gasteiger partial charge in [-0.15, -0.1) is 0 Å². The van der Waals surface area contributed by atoms with Crippen LogP contribution in [0.15, 0.2) is 84.6 Å². The number of carbonyl (C=O) groups is 2. The molecule has 0 bridgehead atoms. The van der Waals surface area contributed by atoms with Crippen molar-refractivity contribution in [1.82, 2.24) is 4.98 Å². The topological polar surface area (TPSA) is 82.6 Å². The summed E-state index contributed by atoms with van der Waals surface area (Å²) in [6.45, 7) is 4.30. The zero-order valence-corrected chi connectivity index (χ0v) is 18.9. The lowest BCUT2D eigenvalue weighted by Gasteiger charge is -2.25. The van der Waals surface area contributed by atoms with Crippen molar-refractivity contribution in [2.24, 2.45) is 0 Å². The molecular weight excluding hydrogens is 428 g/mol. The van der Waals surface area contributed by atoms with Gasteiger partial charge in [0, 0.05) is 33.9 Å². The number of carbonyl (C=O) groups excluding carboxylic acids is 2. The Balaban J connectivity index is 1.75. The van der Waals surface area contributed by atoms with Crippen molar-refractivity contribution in [3.8, 4) is 5.75 Å². The van der Waals surface area contributed by atoms with E-state index in [1.54, 1.807) is 30.5 Å². The number of anilines is 1. The fourth-order valence-electron chi connectivity index (χ4n) is 4.47. The molecule has 1 atom stereocenters. The minimum absolute atomic E-state index is 0.0453. The number of aliphatic hydroxyl groups is 1. The van der Waals surface area contributed by atoms with Crippen molar-refractivity contribution in [2.45, 2.75) is 19.9 Å². The zero-order valence-electron chi connectivity index (χ0n) is 18.9. The van der Waals surface area contributed by atoms with Crippen LogP contribution in [0.5, 0.6) is 5.75 Å². The number of aromatic nitrogens is 1. The SMILES string of the molecule is CCOc1cccc(/C(O)=C2\C(=O)C(=O)N(c3ccc(C)cc3)C2c2c[nH]c3ccccc23)c1. The van der Waals surface area contributed by atoms with Gasteiger partial charge in [-0.2, -0.15) is 0 Å². The highest BCUT2D eigenvalue weighted by molar-refractivity contribution is 6.51. The summed E-state index contributed by atoms with van der Waals surface area (Å²) in [4.78, 5) is 31.4. The average Bonchev–Trinajstić information content (AvgIpc) is 3.38. The number of hydrogen-bond donors (Lipinski definition) is 2. The quantitative estimate of drug-likeness (QED) is 0.238. The molecule has 34 heavy (non-hydrogen) atoms. The molecule has 1 aliphatic rings. The normalized spacial score (nSPS) is 17.5. The molecule has 2 N–H and O–H groups in total. The Labute approximate surface area is 197 Å². The van der Waals surface area contributed by atoms with Crippen LogP contribution in [0.2, 0.25) is 0 Å². The Morgan fingerprint density at radius 2 is 1.79 bits per heavy atom. The van der Waals surface area contributed by atoms with Crippen LogP contribution in [0.1, 0.15) is 29.7 Å². The molecule has 4 aromatic rings. The minimum Gasteiger partial charge on any atom is -0.507 e. The molecule has 1 amide bonds. The minimum atomic E-state index is -0.797. The Morgan fingerprint density at radius 1 is 1.03 bits per heavy atom. The summed E-state index contributed by atoms with van der Waals surface area (Å²) < 4.78 is 5.56. The molecule has 2 heterocycles. The molecule has 6 heteroatoms. The van der Waals surface area contributed by atoms with E-state index in [9.17, 15) is 14.7 Å². The summed E-state index contributed by atoms with van der Waals surface area (Å²) in [5.74, 6) is -1.07. The third-order valence-corrected chi connectivity index (χ3v) is 6.09. The van der Waals surface area contributed by atoms with E-state index in [0.717, 1.165) is 22.0 Å². The Morgan fingerprint density at radius 3 is 2.56 bits per heavy atom. The van der Waals surface area contributed by atoms with E-state index in [0.29, 0.717) is 23.6 Å². The average molecular weight is 453 g/mol. The second-order valence-electron chi connectivity index (χ2n) is 8.26. The van der Waals surface area contributed by atoms with Gasteiger partial charge in [-0.3, -0.25) is 14.5 Å². The van der Waals surface area contributed by atoms with E-state index in [-0.39, 0.29) is 11.3 Å². The van der Waals surface area contributed by atoms with E-state index in [4.69, 9.17) is 4.74 Å². The number of amides is 1. The summed E-state index contributed by atoms with van der Waals surface area (Å²) in [7, 11) is 0. The Hall–Kier alpha value is -4.32. The third-order valence-electron chi connectivity index (χ3n) is 6.09. The van der Waals surface area contributed by atoms with Crippen LogP contribution in [0.4, 0.5) is 5.69 Å². The molecule has 3 aromatic carbocycles. The molecule has 5 rings (SSSR count). The highest BCUT2D eigenvalue weighted by Gasteiger charge is 2.47.